The van der Waals surface area contributed by atoms with Crippen LogP contribution in [0, 0.1) is 0 Å². The van der Waals surface area contributed by atoms with Gasteiger partial charge in [-0.2, -0.15) is 0 Å². The van der Waals surface area contributed by atoms with Crippen molar-refractivity contribution in [2.24, 2.45) is 0 Å². The molecule has 2 aromatic rings. The van der Waals surface area contributed by atoms with Gasteiger partial charge in [0.25, 0.3) is 5.91 Å². The van der Waals surface area contributed by atoms with Gasteiger partial charge < -0.3 is 19.5 Å². The SMILES string of the molecule is COc1ccc(NC(=O)NC(=O)COC(=O)COc2ccccc2)cc1. The Morgan fingerprint density at radius 3 is 2.23 bits per heavy atom. The Morgan fingerprint density at radius 1 is 0.885 bits per heavy atom. The van der Waals surface area contributed by atoms with Crippen LogP contribution in [-0.2, 0) is 14.3 Å². The molecule has 0 aliphatic rings. The molecule has 0 aromatic heterocycles. The van der Waals surface area contributed by atoms with E-state index in [-0.39, 0.29) is 6.61 Å². The number of methoxy groups -OCH3 is 1. The second-order valence-electron chi connectivity index (χ2n) is 4.99. The van der Waals surface area contributed by atoms with Gasteiger partial charge >= 0.3 is 12.0 Å². The van der Waals surface area contributed by atoms with Crippen molar-refractivity contribution < 1.29 is 28.6 Å². The molecule has 0 saturated heterocycles. The molecule has 3 amide bonds. The average Bonchev–Trinajstić information content (AvgIpc) is 2.66. The van der Waals surface area contributed by atoms with Crippen molar-refractivity contribution in [3.63, 3.8) is 0 Å². The zero-order valence-corrected chi connectivity index (χ0v) is 14.1. The fourth-order valence-corrected chi connectivity index (χ4v) is 1.85. The lowest BCUT2D eigenvalue weighted by molar-refractivity contribution is -0.150. The van der Waals surface area contributed by atoms with Crippen LogP contribution >= 0.6 is 0 Å². The first-order valence-electron chi connectivity index (χ1n) is 7.65. The van der Waals surface area contributed by atoms with Crippen LogP contribution in [0.2, 0.25) is 0 Å². The number of benzene rings is 2. The Bertz CT molecular complexity index is 746. The molecule has 26 heavy (non-hydrogen) atoms. The molecule has 0 heterocycles. The first-order valence-corrected chi connectivity index (χ1v) is 7.65. The molecular weight excluding hydrogens is 340 g/mol. The highest BCUT2D eigenvalue weighted by molar-refractivity contribution is 6.01. The first kappa shape index (κ1) is 18.8. The number of carbonyl (C=O) groups excluding carboxylic acids is 3. The highest BCUT2D eigenvalue weighted by Crippen LogP contribution is 2.14. The molecule has 2 N–H and O–H groups in total. The number of imide groups is 1. The van der Waals surface area contributed by atoms with Crippen molar-refractivity contribution in [1.29, 1.82) is 0 Å². The predicted octanol–water partition coefficient (Wildman–Crippen LogP) is 1.97. The summed E-state index contributed by atoms with van der Waals surface area (Å²) >= 11 is 0. The molecule has 136 valence electrons. The zero-order valence-electron chi connectivity index (χ0n) is 14.1. The van der Waals surface area contributed by atoms with Crippen LogP contribution in [0.4, 0.5) is 10.5 Å². The summed E-state index contributed by atoms with van der Waals surface area (Å²) in [6.07, 6.45) is 0. The van der Waals surface area contributed by atoms with E-state index in [1.165, 1.54) is 7.11 Å². The number of anilines is 1. The number of esters is 1. The van der Waals surface area contributed by atoms with E-state index in [1.807, 2.05) is 11.4 Å². The number of hydrogen-bond donors (Lipinski definition) is 2. The summed E-state index contributed by atoms with van der Waals surface area (Å²) in [6, 6.07) is 14.5. The van der Waals surface area contributed by atoms with Crippen molar-refractivity contribution in [3.05, 3.63) is 54.6 Å². The third kappa shape index (κ3) is 6.52. The van der Waals surface area contributed by atoms with E-state index >= 15 is 0 Å². The van der Waals surface area contributed by atoms with Crippen molar-refractivity contribution in [3.8, 4) is 11.5 Å². The van der Waals surface area contributed by atoms with Crippen LogP contribution < -0.4 is 20.1 Å². The average molecular weight is 358 g/mol. The standard InChI is InChI=1S/C18H18N2O6/c1-24-14-9-7-13(8-10-14)19-18(23)20-16(21)11-26-17(22)12-25-15-5-3-2-4-6-15/h2-10H,11-12H2,1H3,(H2,19,20,21,23). The molecule has 8 nitrogen and oxygen atoms in total. The van der Waals surface area contributed by atoms with Gasteiger partial charge in [-0.05, 0) is 36.4 Å². The summed E-state index contributed by atoms with van der Waals surface area (Å²) in [5.41, 5.74) is 0.476. The molecule has 0 saturated carbocycles. The van der Waals surface area contributed by atoms with E-state index in [0.717, 1.165) is 0 Å². The minimum atomic E-state index is -0.760. The summed E-state index contributed by atoms with van der Waals surface area (Å²) < 4.78 is 14.9. The van der Waals surface area contributed by atoms with Crippen LogP contribution in [0.1, 0.15) is 0 Å². The first-order chi connectivity index (χ1) is 12.6. The summed E-state index contributed by atoms with van der Waals surface area (Å²) in [4.78, 5) is 34.8. The number of rotatable bonds is 7. The molecule has 0 unspecified atom stereocenters. The molecule has 0 bridgehead atoms. The van der Waals surface area contributed by atoms with Gasteiger partial charge in [0.1, 0.15) is 11.5 Å². The minimum absolute atomic E-state index is 0.338. The van der Waals surface area contributed by atoms with Gasteiger partial charge in [-0.15, -0.1) is 0 Å². The van der Waals surface area contributed by atoms with E-state index in [9.17, 15) is 14.4 Å². The summed E-state index contributed by atoms with van der Waals surface area (Å²) in [5.74, 6) is -0.340. The van der Waals surface area contributed by atoms with Crippen LogP contribution in [0.5, 0.6) is 11.5 Å². The Labute approximate surface area is 150 Å². The Kier molecular flexibility index (Phi) is 6.99. The summed E-state index contributed by atoms with van der Waals surface area (Å²) in [6.45, 7) is -0.928. The van der Waals surface area contributed by atoms with E-state index < -0.39 is 24.5 Å². The van der Waals surface area contributed by atoms with Crippen molar-refractivity contribution in [2.75, 3.05) is 25.6 Å². The van der Waals surface area contributed by atoms with Crippen LogP contribution in [0.15, 0.2) is 54.6 Å². The van der Waals surface area contributed by atoms with Crippen LogP contribution in [0.3, 0.4) is 0 Å². The van der Waals surface area contributed by atoms with E-state index in [1.54, 1.807) is 48.5 Å². The van der Waals surface area contributed by atoms with Gasteiger partial charge in [-0.1, -0.05) is 18.2 Å². The molecule has 2 rings (SSSR count). The Balaban J connectivity index is 1.67. The number of carbonyl (C=O) groups is 3. The lowest BCUT2D eigenvalue weighted by Crippen LogP contribution is -2.37. The number of amides is 3. The Morgan fingerprint density at radius 2 is 1.58 bits per heavy atom. The fourth-order valence-electron chi connectivity index (χ4n) is 1.85. The topological polar surface area (TPSA) is 103 Å². The molecule has 0 aliphatic heterocycles. The van der Waals surface area contributed by atoms with E-state index in [4.69, 9.17) is 14.2 Å². The predicted molar refractivity (Wildman–Crippen MR) is 93.1 cm³/mol. The molecular formula is C18H18N2O6. The summed E-state index contributed by atoms with van der Waals surface area (Å²) in [7, 11) is 1.53. The van der Waals surface area contributed by atoms with Crippen molar-refractivity contribution >= 4 is 23.6 Å². The van der Waals surface area contributed by atoms with E-state index in [0.29, 0.717) is 17.2 Å². The number of ether oxygens (including phenoxy) is 3. The third-order valence-electron chi connectivity index (χ3n) is 3.06. The van der Waals surface area contributed by atoms with Gasteiger partial charge in [-0.3, -0.25) is 10.1 Å². The van der Waals surface area contributed by atoms with Crippen LogP contribution in [-0.4, -0.2) is 38.2 Å². The number of urea groups is 1. The number of para-hydroxylation sites is 1. The monoisotopic (exact) mass is 358 g/mol. The highest BCUT2D eigenvalue weighted by atomic mass is 16.6. The van der Waals surface area contributed by atoms with Crippen molar-refractivity contribution in [1.82, 2.24) is 5.32 Å². The van der Waals surface area contributed by atoms with Gasteiger partial charge in [0.05, 0.1) is 7.11 Å². The van der Waals surface area contributed by atoms with Crippen LogP contribution in [0.25, 0.3) is 0 Å². The molecule has 0 aliphatic carbocycles. The maximum absolute atomic E-state index is 11.7. The van der Waals surface area contributed by atoms with Gasteiger partial charge in [0.2, 0.25) is 0 Å². The minimum Gasteiger partial charge on any atom is -0.497 e. The smallest absolute Gasteiger partial charge is 0.344 e. The fraction of sp³-hybridized carbons (Fsp3) is 0.167. The molecule has 0 atom stereocenters. The lowest BCUT2D eigenvalue weighted by Gasteiger charge is -2.08. The summed E-state index contributed by atoms with van der Waals surface area (Å²) in [5, 5.41) is 4.51. The maximum Gasteiger partial charge on any atom is 0.344 e. The molecule has 2 aromatic carbocycles. The van der Waals surface area contributed by atoms with E-state index in [2.05, 4.69) is 5.32 Å². The molecule has 0 radical (unpaired) electrons. The molecule has 0 spiro atoms. The normalized spacial score (nSPS) is 9.73. The van der Waals surface area contributed by atoms with Crippen molar-refractivity contribution in [2.45, 2.75) is 0 Å². The van der Waals surface area contributed by atoms with Gasteiger partial charge in [0.15, 0.2) is 13.2 Å². The quantitative estimate of drug-likeness (QED) is 0.734. The molecule has 0 fully saturated rings. The Hall–Kier alpha value is -3.55. The third-order valence-corrected chi connectivity index (χ3v) is 3.06. The maximum atomic E-state index is 11.7. The highest BCUT2D eigenvalue weighted by Gasteiger charge is 2.11. The van der Waals surface area contributed by atoms with Gasteiger partial charge in [0, 0.05) is 5.69 Å². The number of hydrogen-bond acceptors (Lipinski definition) is 6. The lowest BCUT2D eigenvalue weighted by atomic mass is 10.3. The molecule has 8 heteroatoms. The number of nitrogens with one attached hydrogen (secondary N) is 2. The van der Waals surface area contributed by atoms with Gasteiger partial charge in [-0.25, -0.2) is 9.59 Å². The zero-order chi connectivity index (χ0) is 18.8. The second kappa shape index (κ2) is 9.67. The largest absolute Gasteiger partial charge is 0.497 e. The second-order valence-corrected chi connectivity index (χ2v) is 4.99.